The van der Waals surface area contributed by atoms with E-state index >= 15 is 0 Å². The smallest absolute Gasteiger partial charge is 0.155 e. The summed E-state index contributed by atoms with van der Waals surface area (Å²) in [5.74, 6) is 0.755. The van der Waals surface area contributed by atoms with Crippen molar-refractivity contribution in [2.75, 3.05) is 0 Å². The Bertz CT molecular complexity index is 3530. The molecular formula is C57H37N3O. The molecule has 0 spiro atoms. The second-order valence-corrected chi connectivity index (χ2v) is 15.8. The van der Waals surface area contributed by atoms with E-state index in [0.29, 0.717) is 6.42 Å². The normalized spacial score (nSPS) is 14.2. The van der Waals surface area contributed by atoms with Crippen LogP contribution in [0.2, 0.25) is 0 Å². The molecule has 1 aliphatic heterocycles. The lowest BCUT2D eigenvalue weighted by molar-refractivity contribution is 0.669. The zero-order chi connectivity index (χ0) is 40.3. The van der Waals surface area contributed by atoms with Crippen LogP contribution in [-0.2, 0) is 0 Å². The van der Waals surface area contributed by atoms with E-state index in [1.807, 2.05) is 24.3 Å². The van der Waals surface area contributed by atoms with E-state index < -0.39 is 0 Å². The predicted molar refractivity (Wildman–Crippen MR) is 254 cm³/mol. The van der Waals surface area contributed by atoms with Crippen LogP contribution >= 0.6 is 0 Å². The van der Waals surface area contributed by atoms with Gasteiger partial charge in [-0.1, -0.05) is 182 Å². The van der Waals surface area contributed by atoms with E-state index in [2.05, 4.69) is 182 Å². The third-order valence-corrected chi connectivity index (χ3v) is 12.2. The molecule has 0 bridgehead atoms. The minimum Gasteiger partial charge on any atom is -0.456 e. The highest BCUT2D eigenvalue weighted by molar-refractivity contribution is 6.27. The first-order valence-corrected chi connectivity index (χ1v) is 20.8. The Kier molecular flexibility index (Phi) is 8.27. The maximum absolute atomic E-state index is 6.68. The molecule has 3 heterocycles. The summed E-state index contributed by atoms with van der Waals surface area (Å²) in [4.78, 5) is 15.9. The van der Waals surface area contributed by atoms with Crippen molar-refractivity contribution in [3.8, 4) is 33.5 Å². The predicted octanol–water partition coefficient (Wildman–Crippen LogP) is 14.8. The van der Waals surface area contributed by atoms with Crippen molar-refractivity contribution in [3.05, 3.63) is 223 Å². The number of fused-ring (bicyclic) bond motifs is 7. The third kappa shape index (κ3) is 6.11. The fourth-order valence-corrected chi connectivity index (χ4v) is 9.20. The van der Waals surface area contributed by atoms with Gasteiger partial charge >= 0.3 is 0 Å². The van der Waals surface area contributed by atoms with E-state index in [-0.39, 0.29) is 6.04 Å². The first-order chi connectivity index (χ1) is 30.2. The number of furan rings is 1. The maximum atomic E-state index is 6.68. The highest BCUT2D eigenvalue weighted by atomic mass is 16.3. The summed E-state index contributed by atoms with van der Waals surface area (Å²) in [6.45, 7) is 0. The standard InChI is InChI=1S/C57H37N3O/c1-3-13-36(14-4-1)38-23-28-40(29-24-38)53-54-45-19-9-11-21-48(45)58-56(47(54)34-52-55(53)46-20-10-12-22-51(46)61-52)41-30-26-39(27-31-41)49-35-50(60-57(59-49)42-16-5-2-6-17-42)44-32-25-37-15-7-8-18-43(37)33-44/h1-34,49H,35H2. The van der Waals surface area contributed by atoms with Crippen LogP contribution in [0.4, 0.5) is 0 Å². The largest absolute Gasteiger partial charge is 0.456 e. The lowest BCUT2D eigenvalue weighted by Gasteiger charge is -2.22. The van der Waals surface area contributed by atoms with Crippen LogP contribution in [0.15, 0.2) is 221 Å². The molecule has 12 rings (SSSR count). The number of nitrogens with zero attached hydrogens (tertiary/aromatic N) is 3. The zero-order valence-electron chi connectivity index (χ0n) is 33.2. The van der Waals surface area contributed by atoms with Crippen molar-refractivity contribution in [1.29, 1.82) is 0 Å². The number of benzene rings is 9. The Labute approximate surface area is 352 Å². The Morgan fingerprint density at radius 1 is 0.426 bits per heavy atom. The number of pyridine rings is 1. The molecule has 9 aromatic carbocycles. The topological polar surface area (TPSA) is 50.8 Å². The molecule has 61 heavy (non-hydrogen) atoms. The number of hydrogen-bond acceptors (Lipinski definition) is 4. The van der Waals surface area contributed by atoms with Gasteiger partial charge in [-0.2, -0.15) is 0 Å². The number of rotatable bonds is 6. The fourth-order valence-electron chi connectivity index (χ4n) is 9.20. The molecule has 1 atom stereocenters. The molecule has 0 fully saturated rings. The Morgan fingerprint density at radius 2 is 1.05 bits per heavy atom. The van der Waals surface area contributed by atoms with Gasteiger partial charge in [-0.25, -0.2) is 9.98 Å². The number of aliphatic imine (C=N–C) groups is 2. The molecule has 0 saturated carbocycles. The van der Waals surface area contributed by atoms with Crippen molar-refractivity contribution < 1.29 is 4.42 Å². The number of hydrogen-bond donors (Lipinski definition) is 0. The molecule has 11 aromatic rings. The van der Waals surface area contributed by atoms with Gasteiger partial charge in [-0.3, -0.25) is 4.99 Å². The summed E-state index contributed by atoms with van der Waals surface area (Å²) in [6, 6.07) is 72.8. The highest BCUT2D eigenvalue weighted by Gasteiger charge is 2.24. The third-order valence-electron chi connectivity index (χ3n) is 12.2. The van der Waals surface area contributed by atoms with Crippen LogP contribution in [0.1, 0.15) is 29.2 Å². The number of amidine groups is 1. The molecule has 0 N–H and O–H groups in total. The molecule has 0 amide bonds. The van der Waals surface area contributed by atoms with Crippen molar-refractivity contribution in [2.24, 2.45) is 9.98 Å². The van der Waals surface area contributed by atoms with Gasteiger partial charge in [0.15, 0.2) is 5.84 Å². The molecule has 1 aliphatic rings. The van der Waals surface area contributed by atoms with Crippen molar-refractivity contribution in [2.45, 2.75) is 12.5 Å². The SMILES string of the molecule is c1ccc(C2=NC(c3ccc(-c4nc5ccccc5c5c(-c6ccc(-c7ccccc7)cc6)c6c(cc45)oc4ccccc46)cc3)CC(c3ccc4ccccc4c3)=N2)cc1. The summed E-state index contributed by atoms with van der Waals surface area (Å²) in [5.41, 5.74) is 13.6. The molecule has 4 nitrogen and oxygen atoms in total. The van der Waals surface area contributed by atoms with E-state index in [1.165, 1.54) is 21.9 Å². The zero-order valence-corrected chi connectivity index (χ0v) is 33.2. The number of aromatic nitrogens is 1. The van der Waals surface area contributed by atoms with Crippen LogP contribution in [-0.4, -0.2) is 16.5 Å². The van der Waals surface area contributed by atoms with Crippen molar-refractivity contribution in [1.82, 2.24) is 4.98 Å². The van der Waals surface area contributed by atoms with E-state index in [1.54, 1.807) is 0 Å². The molecule has 0 aliphatic carbocycles. The second kappa shape index (κ2) is 14.4. The molecule has 0 saturated heterocycles. The van der Waals surface area contributed by atoms with E-state index in [9.17, 15) is 0 Å². The molecule has 286 valence electrons. The molecule has 4 heteroatoms. The van der Waals surface area contributed by atoms with Crippen LogP contribution < -0.4 is 0 Å². The summed E-state index contributed by atoms with van der Waals surface area (Å²) in [7, 11) is 0. The van der Waals surface area contributed by atoms with Crippen LogP contribution in [0.3, 0.4) is 0 Å². The molecule has 2 aromatic heterocycles. The Hall–Kier alpha value is -7.95. The van der Waals surface area contributed by atoms with Crippen LogP contribution in [0.25, 0.3) is 87.9 Å². The Balaban J connectivity index is 1.01. The van der Waals surface area contributed by atoms with Gasteiger partial charge in [-0.15, -0.1) is 0 Å². The van der Waals surface area contributed by atoms with Gasteiger partial charge in [0.25, 0.3) is 0 Å². The first kappa shape index (κ1) is 35.0. The monoisotopic (exact) mass is 779 g/mol. The van der Waals surface area contributed by atoms with Crippen molar-refractivity contribution >= 4 is 65.9 Å². The van der Waals surface area contributed by atoms with Gasteiger partial charge in [-0.05, 0) is 62.9 Å². The van der Waals surface area contributed by atoms with Crippen molar-refractivity contribution in [3.63, 3.8) is 0 Å². The molecular weight excluding hydrogens is 743 g/mol. The summed E-state index contributed by atoms with van der Waals surface area (Å²) < 4.78 is 6.68. The maximum Gasteiger partial charge on any atom is 0.155 e. The fraction of sp³-hybridized carbons (Fsp3) is 0.0351. The van der Waals surface area contributed by atoms with Gasteiger partial charge in [0.2, 0.25) is 0 Å². The van der Waals surface area contributed by atoms with E-state index in [4.69, 9.17) is 19.4 Å². The van der Waals surface area contributed by atoms with Gasteiger partial charge in [0.1, 0.15) is 11.2 Å². The van der Waals surface area contributed by atoms with Gasteiger partial charge < -0.3 is 4.42 Å². The summed E-state index contributed by atoms with van der Waals surface area (Å²) >= 11 is 0. The highest BCUT2D eigenvalue weighted by Crippen LogP contribution is 2.46. The quantitative estimate of drug-likeness (QED) is 0.158. The lowest BCUT2D eigenvalue weighted by atomic mass is 9.88. The summed E-state index contributed by atoms with van der Waals surface area (Å²) in [5, 5.41) is 7.96. The second-order valence-electron chi connectivity index (χ2n) is 15.8. The average molecular weight is 780 g/mol. The van der Waals surface area contributed by atoms with Gasteiger partial charge in [0, 0.05) is 50.0 Å². The minimum atomic E-state index is -0.106. The van der Waals surface area contributed by atoms with Crippen LogP contribution in [0.5, 0.6) is 0 Å². The van der Waals surface area contributed by atoms with Gasteiger partial charge in [0.05, 0.1) is 23.0 Å². The summed E-state index contributed by atoms with van der Waals surface area (Å²) in [6.07, 6.45) is 0.696. The molecule has 0 radical (unpaired) electrons. The number of para-hydroxylation sites is 2. The Morgan fingerprint density at radius 3 is 1.85 bits per heavy atom. The molecule has 1 unspecified atom stereocenters. The average Bonchev–Trinajstić information content (AvgIpc) is 3.71. The van der Waals surface area contributed by atoms with Crippen LogP contribution in [0, 0.1) is 0 Å². The minimum absolute atomic E-state index is 0.106. The lowest BCUT2D eigenvalue weighted by Crippen LogP contribution is -2.17. The first-order valence-electron chi connectivity index (χ1n) is 20.8. The van der Waals surface area contributed by atoms with E-state index in [0.717, 1.165) is 94.2 Å².